The molecule has 1 aliphatic rings. The van der Waals surface area contributed by atoms with Crippen LogP contribution in [0.15, 0.2) is 18.2 Å². The SMILES string of the molecule is CCCCCCN1CCC(C)(c2ccc(NC(=O)OC)c(O)c2)C(C)C1. The molecule has 5 heteroatoms. The third kappa shape index (κ3) is 4.91. The van der Waals surface area contributed by atoms with Gasteiger partial charge in [-0.15, -0.1) is 0 Å². The Morgan fingerprint density at radius 3 is 2.77 bits per heavy atom. The van der Waals surface area contributed by atoms with Gasteiger partial charge in [0.2, 0.25) is 0 Å². The lowest BCUT2D eigenvalue weighted by atomic mass is 9.68. The molecule has 1 aromatic carbocycles. The van der Waals surface area contributed by atoms with Crippen molar-refractivity contribution in [2.75, 3.05) is 32.1 Å². The largest absolute Gasteiger partial charge is 0.506 e. The molecule has 0 radical (unpaired) electrons. The van der Waals surface area contributed by atoms with Crippen LogP contribution in [-0.4, -0.2) is 42.8 Å². The Bertz CT molecular complexity index is 605. The van der Waals surface area contributed by atoms with Gasteiger partial charge < -0.3 is 14.7 Å². The lowest BCUT2D eigenvalue weighted by Gasteiger charge is -2.45. The first-order chi connectivity index (χ1) is 12.4. The van der Waals surface area contributed by atoms with Crippen LogP contribution in [0.3, 0.4) is 0 Å². The van der Waals surface area contributed by atoms with Gasteiger partial charge in [-0.3, -0.25) is 5.32 Å². The zero-order chi connectivity index (χ0) is 19.2. The van der Waals surface area contributed by atoms with Gasteiger partial charge in [-0.1, -0.05) is 46.1 Å². The van der Waals surface area contributed by atoms with Gasteiger partial charge in [-0.2, -0.15) is 0 Å². The highest BCUT2D eigenvalue weighted by Crippen LogP contribution is 2.41. The predicted molar refractivity (Wildman–Crippen MR) is 106 cm³/mol. The van der Waals surface area contributed by atoms with E-state index < -0.39 is 6.09 Å². The van der Waals surface area contributed by atoms with E-state index in [4.69, 9.17) is 0 Å². The monoisotopic (exact) mass is 362 g/mol. The van der Waals surface area contributed by atoms with Crippen LogP contribution in [0.4, 0.5) is 10.5 Å². The van der Waals surface area contributed by atoms with Gasteiger partial charge in [0.25, 0.3) is 0 Å². The maximum atomic E-state index is 11.3. The number of ether oxygens (including phenoxy) is 1. The van der Waals surface area contributed by atoms with Gasteiger partial charge in [-0.05, 0) is 55.0 Å². The summed E-state index contributed by atoms with van der Waals surface area (Å²) in [5, 5.41) is 12.8. The summed E-state index contributed by atoms with van der Waals surface area (Å²) in [6.07, 6.45) is 5.70. The highest BCUT2D eigenvalue weighted by atomic mass is 16.5. The van der Waals surface area contributed by atoms with Crippen LogP contribution in [0.2, 0.25) is 0 Å². The molecule has 0 aromatic heterocycles. The molecule has 146 valence electrons. The van der Waals surface area contributed by atoms with Crippen LogP contribution in [0.5, 0.6) is 5.75 Å². The van der Waals surface area contributed by atoms with Crippen molar-refractivity contribution in [3.63, 3.8) is 0 Å². The Kier molecular flexibility index (Phi) is 7.33. The molecule has 2 unspecified atom stereocenters. The Balaban J connectivity index is 2.01. The van der Waals surface area contributed by atoms with E-state index >= 15 is 0 Å². The molecule has 0 saturated carbocycles. The summed E-state index contributed by atoms with van der Waals surface area (Å²) in [5.41, 5.74) is 1.54. The molecule has 0 spiro atoms. The number of unbranched alkanes of at least 4 members (excludes halogenated alkanes) is 3. The summed E-state index contributed by atoms with van der Waals surface area (Å²) >= 11 is 0. The zero-order valence-electron chi connectivity index (χ0n) is 16.7. The van der Waals surface area contributed by atoms with Crippen molar-refractivity contribution in [2.24, 2.45) is 5.92 Å². The van der Waals surface area contributed by atoms with E-state index in [-0.39, 0.29) is 11.2 Å². The van der Waals surface area contributed by atoms with E-state index in [2.05, 4.69) is 35.7 Å². The molecule has 1 aromatic rings. The number of nitrogens with one attached hydrogen (secondary N) is 1. The van der Waals surface area contributed by atoms with Crippen molar-refractivity contribution in [3.8, 4) is 5.75 Å². The molecular weight excluding hydrogens is 328 g/mol. The highest BCUT2D eigenvalue weighted by molar-refractivity contribution is 5.86. The van der Waals surface area contributed by atoms with Gasteiger partial charge in [0.1, 0.15) is 5.75 Å². The number of rotatable bonds is 7. The summed E-state index contributed by atoms with van der Waals surface area (Å²) in [4.78, 5) is 13.9. The van der Waals surface area contributed by atoms with Gasteiger partial charge in [0.15, 0.2) is 0 Å². The molecule has 1 heterocycles. The second-order valence-corrected chi connectivity index (χ2v) is 7.78. The molecule has 5 nitrogen and oxygen atoms in total. The Labute approximate surface area is 157 Å². The van der Waals surface area contributed by atoms with Crippen LogP contribution in [0, 0.1) is 5.92 Å². The minimum Gasteiger partial charge on any atom is -0.506 e. The molecule has 1 fully saturated rings. The minimum absolute atomic E-state index is 0.0290. The van der Waals surface area contributed by atoms with Crippen molar-refractivity contribution in [1.82, 2.24) is 4.90 Å². The summed E-state index contributed by atoms with van der Waals surface area (Å²) in [6.45, 7) is 10.2. The van der Waals surface area contributed by atoms with E-state index in [1.165, 1.54) is 39.3 Å². The highest BCUT2D eigenvalue weighted by Gasteiger charge is 2.38. The topological polar surface area (TPSA) is 61.8 Å². The molecule has 1 amide bonds. The number of anilines is 1. The Morgan fingerprint density at radius 2 is 2.15 bits per heavy atom. The van der Waals surface area contributed by atoms with Gasteiger partial charge in [0, 0.05) is 6.54 Å². The molecule has 2 atom stereocenters. The van der Waals surface area contributed by atoms with Crippen molar-refractivity contribution >= 4 is 11.8 Å². The van der Waals surface area contributed by atoms with Crippen molar-refractivity contribution in [2.45, 2.75) is 58.3 Å². The van der Waals surface area contributed by atoms with Crippen LogP contribution in [-0.2, 0) is 10.2 Å². The van der Waals surface area contributed by atoms with E-state index in [9.17, 15) is 9.90 Å². The lowest BCUT2D eigenvalue weighted by molar-refractivity contribution is 0.109. The third-order valence-electron chi connectivity index (χ3n) is 5.97. The molecule has 2 rings (SSSR count). The van der Waals surface area contributed by atoms with E-state index in [0.29, 0.717) is 11.6 Å². The maximum Gasteiger partial charge on any atom is 0.411 e. The molecule has 1 saturated heterocycles. The third-order valence-corrected chi connectivity index (χ3v) is 5.97. The van der Waals surface area contributed by atoms with Crippen LogP contribution in [0.1, 0.15) is 58.4 Å². The van der Waals surface area contributed by atoms with E-state index in [1.807, 2.05) is 6.07 Å². The standard InChI is InChI=1S/C21H34N2O3/c1-5-6-7-8-12-23-13-11-21(3,16(2)15-23)17-9-10-18(19(24)14-17)22-20(25)26-4/h9-10,14,16,24H,5-8,11-13,15H2,1-4H3,(H,22,25). The number of likely N-dealkylation sites (tertiary alicyclic amines) is 1. The summed E-state index contributed by atoms with van der Waals surface area (Å²) in [7, 11) is 1.31. The number of piperidine rings is 1. The van der Waals surface area contributed by atoms with Crippen molar-refractivity contribution in [1.29, 1.82) is 0 Å². The predicted octanol–water partition coefficient (Wildman–Crippen LogP) is 4.75. The summed E-state index contributed by atoms with van der Waals surface area (Å²) in [6, 6.07) is 5.56. The smallest absolute Gasteiger partial charge is 0.411 e. The first-order valence-electron chi connectivity index (χ1n) is 9.81. The average molecular weight is 363 g/mol. The second kappa shape index (κ2) is 9.26. The first kappa shape index (κ1) is 20.6. The fraction of sp³-hybridized carbons (Fsp3) is 0.667. The van der Waals surface area contributed by atoms with Gasteiger partial charge in [-0.25, -0.2) is 4.79 Å². The number of benzene rings is 1. The van der Waals surface area contributed by atoms with Gasteiger partial charge in [0.05, 0.1) is 12.8 Å². The summed E-state index contributed by atoms with van der Waals surface area (Å²) in [5.74, 6) is 0.588. The number of nitrogens with zero attached hydrogens (tertiary/aromatic N) is 1. The normalized spacial score (nSPS) is 23.6. The van der Waals surface area contributed by atoms with Gasteiger partial charge >= 0.3 is 6.09 Å². The molecule has 2 N–H and O–H groups in total. The average Bonchev–Trinajstić information content (AvgIpc) is 2.63. The number of amides is 1. The number of carbonyl (C=O) groups excluding carboxylic acids is 1. The quantitative estimate of drug-likeness (QED) is 0.543. The lowest BCUT2D eigenvalue weighted by Crippen LogP contribution is -2.47. The van der Waals surface area contributed by atoms with Crippen molar-refractivity contribution in [3.05, 3.63) is 23.8 Å². The molecule has 1 aliphatic heterocycles. The minimum atomic E-state index is -0.580. The summed E-state index contributed by atoms with van der Waals surface area (Å²) < 4.78 is 4.59. The Morgan fingerprint density at radius 1 is 1.38 bits per heavy atom. The number of hydrogen-bond donors (Lipinski definition) is 2. The maximum absolute atomic E-state index is 11.3. The molecule has 0 aliphatic carbocycles. The van der Waals surface area contributed by atoms with Crippen molar-refractivity contribution < 1.29 is 14.6 Å². The van der Waals surface area contributed by atoms with Crippen LogP contribution >= 0.6 is 0 Å². The number of phenols is 1. The molecule has 0 bridgehead atoms. The number of carbonyl (C=O) groups is 1. The molecule has 26 heavy (non-hydrogen) atoms. The van der Waals surface area contributed by atoms with E-state index in [1.54, 1.807) is 12.1 Å². The zero-order valence-corrected chi connectivity index (χ0v) is 16.7. The second-order valence-electron chi connectivity index (χ2n) is 7.78. The fourth-order valence-electron chi connectivity index (χ4n) is 3.86. The first-order valence-corrected chi connectivity index (χ1v) is 9.81. The number of methoxy groups -OCH3 is 1. The number of phenolic OH excluding ortho intramolecular Hbond substituents is 1. The number of aromatic hydroxyl groups is 1. The van der Waals surface area contributed by atoms with Crippen LogP contribution < -0.4 is 5.32 Å². The van der Waals surface area contributed by atoms with Crippen LogP contribution in [0.25, 0.3) is 0 Å². The fourth-order valence-corrected chi connectivity index (χ4v) is 3.86. The number of hydrogen-bond acceptors (Lipinski definition) is 4. The molecular formula is C21H34N2O3. The van der Waals surface area contributed by atoms with E-state index in [0.717, 1.165) is 25.1 Å². The Hall–Kier alpha value is -1.75.